The van der Waals surface area contributed by atoms with Crippen LogP contribution in [0.1, 0.15) is 102 Å². The lowest BCUT2D eigenvalue weighted by Crippen LogP contribution is -2.58. The molecule has 14 nitrogen and oxygen atoms in total. The first kappa shape index (κ1) is 41.5. The molecule has 1 saturated carbocycles. The zero-order valence-corrected chi connectivity index (χ0v) is 31.5. The Kier molecular flexibility index (Phi) is 14.7. The van der Waals surface area contributed by atoms with E-state index in [-0.39, 0.29) is 31.2 Å². The van der Waals surface area contributed by atoms with Gasteiger partial charge in [-0.3, -0.25) is 24.0 Å². The van der Waals surface area contributed by atoms with Gasteiger partial charge in [-0.1, -0.05) is 93.3 Å². The van der Waals surface area contributed by atoms with E-state index in [1.165, 1.54) is 17.0 Å². The van der Waals surface area contributed by atoms with Crippen molar-refractivity contribution in [3.05, 3.63) is 71.8 Å². The number of hydrogen-bond acceptors (Lipinski definition) is 8. The second-order valence-corrected chi connectivity index (χ2v) is 15.0. The van der Waals surface area contributed by atoms with Gasteiger partial charge in [-0.05, 0) is 63.5 Å². The number of rotatable bonds is 15. The number of likely N-dealkylation sites (tertiary alicyclic amines) is 1. The van der Waals surface area contributed by atoms with E-state index in [1.54, 1.807) is 45.9 Å². The number of carboxylic acid groups (broad SMARTS) is 1. The minimum atomic E-state index is -1.37. The van der Waals surface area contributed by atoms with Gasteiger partial charge in [0.1, 0.15) is 17.7 Å². The van der Waals surface area contributed by atoms with Crippen molar-refractivity contribution >= 4 is 41.5 Å². The summed E-state index contributed by atoms with van der Waals surface area (Å²) in [7, 11) is 0. The predicted octanol–water partition coefficient (Wildman–Crippen LogP) is 3.76. The van der Waals surface area contributed by atoms with E-state index in [0.717, 1.165) is 37.7 Å². The standard InChI is InChI=1S/C40H53N5O9/c1-5-15-29(34(47)36(49)41-23-31(46)43-33(38(51)52)27-20-13-8-14-21-27)42-35(48)30-22-28(25-16-9-6-10-17-25)24-45(30)37(50)32(26-18-11-7-12-19-26)44-39(53)54-40(2,3)4/h6,8-10,13-14,16-17,20-21,26,28-30,32-33H,5,7,11-12,15,18-19,22-24H2,1-4H3,(H,41,49)(H,42,48)(H,43,46)(H,44,53)(H,51,52)/t28-,29?,30+,32+,33?/m1/s1. The molecule has 4 rings (SSSR count). The number of carboxylic acids is 1. The molecule has 2 fully saturated rings. The number of nitrogens with one attached hydrogen (secondary N) is 4. The maximum Gasteiger partial charge on any atom is 0.408 e. The van der Waals surface area contributed by atoms with E-state index < -0.39 is 77.8 Å². The molecule has 0 spiro atoms. The molecular weight excluding hydrogens is 694 g/mol. The Labute approximate surface area is 316 Å². The van der Waals surface area contributed by atoms with Gasteiger partial charge in [-0.25, -0.2) is 9.59 Å². The number of alkyl carbamates (subject to hydrolysis) is 1. The molecule has 0 bridgehead atoms. The molecule has 2 aliphatic rings. The van der Waals surface area contributed by atoms with Crippen molar-refractivity contribution in [1.29, 1.82) is 0 Å². The zero-order chi connectivity index (χ0) is 39.4. The largest absolute Gasteiger partial charge is 0.479 e. The number of ketones is 1. The van der Waals surface area contributed by atoms with Gasteiger partial charge in [-0.2, -0.15) is 0 Å². The van der Waals surface area contributed by atoms with Gasteiger partial charge in [0.25, 0.3) is 5.91 Å². The molecule has 5 N–H and O–H groups in total. The molecule has 0 aromatic heterocycles. The highest BCUT2D eigenvalue weighted by molar-refractivity contribution is 6.38. The summed E-state index contributed by atoms with van der Waals surface area (Å²) in [6.45, 7) is 6.51. The molecule has 5 atom stereocenters. The summed E-state index contributed by atoms with van der Waals surface area (Å²) >= 11 is 0. The lowest BCUT2D eigenvalue weighted by atomic mass is 9.83. The van der Waals surface area contributed by atoms with E-state index in [2.05, 4.69) is 21.3 Å². The smallest absolute Gasteiger partial charge is 0.408 e. The van der Waals surface area contributed by atoms with Crippen LogP contribution in [0.15, 0.2) is 60.7 Å². The molecule has 1 heterocycles. The summed E-state index contributed by atoms with van der Waals surface area (Å²) in [5, 5.41) is 19.7. The van der Waals surface area contributed by atoms with Gasteiger partial charge in [0, 0.05) is 12.5 Å². The third kappa shape index (κ3) is 11.6. The molecule has 1 aliphatic heterocycles. The monoisotopic (exact) mass is 747 g/mol. The molecular formula is C40H53N5O9. The van der Waals surface area contributed by atoms with Gasteiger partial charge < -0.3 is 36.0 Å². The van der Waals surface area contributed by atoms with Crippen molar-refractivity contribution in [3.63, 3.8) is 0 Å². The van der Waals surface area contributed by atoms with Crippen LogP contribution in [-0.4, -0.2) is 88.3 Å². The summed E-state index contributed by atoms with van der Waals surface area (Å²) in [5.74, 6) is -5.66. The second kappa shape index (κ2) is 19.2. The van der Waals surface area contributed by atoms with Crippen molar-refractivity contribution < 1.29 is 43.4 Å². The molecule has 1 saturated heterocycles. The lowest BCUT2D eigenvalue weighted by molar-refractivity contribution is -0.144. The average molecular weight is 748 g/mol. The Bertz CT molecular complexity index is 1640. The highest BCUT2D eigenvalue weighted by Crippen LogP contribution is 2.35. The van der Waals surface area contributed by atoms with E-state index in [1.807, 2.05) is 30.3 Å². The number of benzene rings is 2. The first-order chi connectivity index (χ1) is 25.7. The maximum absolute atomic E-state index is 14.5. The number of amides is 5. The molecule has 2 aromatic rings. The average Bonchev–Trinajstić information content (AvgIpc) is 3.60. The van der Waals surface area contributed by atoms with Crippen LogP contribution < -0.4 is 21.3 Å². The van der Waals surface area contributed by atoms with Gasteiger partial charge in [0.2, 0.25) is 23.5 Å². The van der Waals surface area contributed by atoms with Crippen LogP contribution in [0.5, 0.6) is 0 Å². The normalized spacial score (nSPS) is 19.1. The van der Waals surface area contributed by atoms with Crippen LogP contribution in [-0.2, 0) is 33.5 Å². The van der Waals surface area contributed by atoms with Gasteiger partial charge in [0.15, 0.2) is 6.04 Å². The molecule has 5 amide bonds. The summed E-state index contributed by atoms with van der Waals surface area (Å²) in [6, 6.07) is 12.9. The fourth-order valence-electron chi connectivity index (χ4n) is 7.13. The van der Waals surface area contributed by atoms with Crippen LogP contribution in [0, 0.1) is 5.92 Å². The molecule has 1 aliphatic carbocycles. The number of nitrogens with zero attached hydrogens (tertiary/aromatic N) is 1. The summed E-state index contributed by atoms with van der Waals surface area (Å²) < 4.78 is 5.52. The van der Waals surface area contributed by atoms with Gasteiger partial charge >= 0.3 is 12.1 Å². The first-order valence-corrected chi connectivity index (χ1v) is 18.7. The molecule has 14 heteroatoms. The molecule has 2 aromatic carbocycles. The highest BCUT2D eigenvalue weighted by Gasteiger charge is 2.45. The summed E-state index contributed by atoms with van der Waals surface area (Å²) in [5.41, 5.74) is 0.459. The van der Waals surface area contributed by atoms with E-state index in [4.69, 9.17) is 4.74 Å². The lowest BCUT2D eigenvalue weighted by Gasteiger charge is -2.35. The summed E-state index contributed by atoms with van der Waals surface area (Å²) in [6.07, 6.45) is 4.33. The fourth-order valence-corrected chi connectivity index (χ4v) is 7.13. The van der Waals surface area contributed by atoms with Crippen LogP contribution in [0.25, 0.3) is 0 Å². The van der Waals surface area contributed by atoms with E-state index in [0.29, 0.717) is 12.0 Å². The molecule has 2 unspecified atom stereocenters. The SMILES string of the molecule is CCCC(NC(=O)[C@@H]1C[C@@H](c2ccccc2)CN1C(=O)[C@@H](NC(=O)OC(C)(C)C)C1CCCCC1)C(=O)C(=O)NCC(=O)NC(C(=O)O)c1ccccc1. The molecule has 54 heavy (non-hydrogen) atoms. The molecule has 292 valence electrons. The third-order valence-corrected chi connectivity index (χ3v) is 9.75. The maximum atomic E-state index is 14.5. The Hall–Kier alpha value is -5.27. The van der Waals surface area contributed by atoms with Gasteiger partial charge in [0.05, 0.1) is 12.6 Å². The Balaban J connectivity index is 1.50. The topological polar surface area (TPSA) is 200 Å². The van der Waals surface area contributed by atoms with Crippen molar-refractivity contribution in [1.82, 2.24) is 26.2 Å². The van der Waals surface area contributed by atoms with Crippen LogP contribution in [0.4, 0.5) is 4.79 Å². The zero-order valence-electron chi connectivity index (χ0n) is 31.5. The van der Waals surface area contributed by atoms with Crippen molar-refractivity contribution in [2.24, 2.45) is 5.92 Å². The minimum absolute atomic E-state index is 0.104. The number of carbonyl (C=O) groups is 7. The predicted molar refractivity (Wildman–Crippen MR) is 199 cm³/mol. The van der Waals surface area contributed by atoms with Crippen LogP contribution in [0.2, 0.25) is 0 Å². The number of ether oxygens (including phenoxy) is 1. The van der Waals surface area contributed by atoms with Crippen molar-refractivity contribution in [2.75, 3.05) is 13.1 Å². The third-order valence-electron chi connectivity index (χ3n) is 9.75. The first-order valence-electron chi connectivity index (χ1n) is 18.7. The van der Waals surface area contributed by atoms with E-state index in [9.17, 15) is 38.7 Å². The summed E-state index contributed by atoms with van der Waals surface area (Å²) in [4.78, 5) is 94.0. The van der Waals surface area contributed by atoms with Gasteiger partial charge in [-0.15, -0.1) is 0 Å². The van der Waals surface area contributed by atoms with Crippen LogP contribution in [0.3, 0.4) is 0 Å². The Morgan fingerprint density at radius 3 is 2.09 bits per heavy atom. The number of Topliss-reactive ketones (excluding diaryl/α,β-unsaturated/α-hetero) is 1. The fraction of sp³-hybridized carbons (Fsp3) is 0.525. The quantitative estimate of drug-likeness (QED) is 0.168. The molecule has 0 radical (unpaired) electrons. The van der Waals surface area contributed by atoms with Crippen molar-refractivity contribution in [3.8, 4) is 0 Å². The number of carbonyl (C=O) groups excluding carboxylic acids is 6. The van der Waals surface area contributed by atoms with Crippen molar-refractivity contribution in [2.45, 2.75) is 115 Å². The number of hydrogen-bond donors (Lipinski definition) is 5. The minimum Gasteiger partial charge on any atom is -0.479 e. The Morgan fingerprint density at radius 2 is 1.50 bits per heavy atom. The van der Waals surface area contributed by atoms with E-state index >= 15 is 0 Å². The highest BCUT2D eigenvalue weighted by atomic mass is 16.6. The number of aliphatic carboxylic acids is 1. The Morgan fingerprint density at radius 1 is 0.870 bits per heavy atom. The van der Waals surface area contributed by atoms with Crippen LogP contribution >= 0.6 is 0 Å². The second-order valence-electron chi connectivity index (χ2n) is 15.0.